The zero-order valence-electron chi connectivity index (χ0n) is 11.2. The molecule has 0 fully saturated rings. The lowest BCUT2D eigenvalue weighted by molar-refractivity contribution is -0.123. The highest BCUT2D eigenvalue weighted by Crippen LogP contribution is 2.19. The minimum absolute atomic E-state index is 0.0445. The van der Waals surface area contributed by atoms with Crippen LogP contribution >= 0.6 is 0 Å². The highest BCUT2D eigenvalue weighted by atomic mass is 16.5. The number of carbonyl (C=O) groups excluding carboxylic acids is 1. The van der Waals surface area contributed by atoms with Crippen molar-refractivity contribution in [1.82, 2.24) is 0 Å². The third-order valence-corrected chi connectivity index (χ3v) is 2.87. The molecule has 1 aromatic carbocycles. The Hall–Kier alpha value is -1.86. The smallest absolute Gasteiger partial charge is 0.229 e. The van der Waals surface area contributed by atoms with Crippen LogP contribution in [0.25, 0.3) is 0 Å². The molecule has 0 unspecified atom stereocenters. The Morgan fingerprint density at radius 2 is 2.17 bits per heavy atom. The molecule has 0 aromatic heterocycles. The van der Waals surface area contributed by atoms with Gasteiger partial charge in [0.05, 0.1) is 23.7 Å². The first-order valence-electron chi connectivity index (χ1n) is 5.71. The Labute approximate surface area is 108 Å². The Morgan fingerprint density at radius 1 is 1.50 bits per heavy atom. The van der Waals surface area contributed by atoms with E-state index in [4.69, 9.17) is 10.00 Å². The van der Waals surface area contributed by atoms with Crippen molar-refractivity contribution in [1.29, 1.82) is 5.26 Å². The van der Waals surface area contributed by atoms with Gasteiger partial charge in [-0.25, -0.2) is 0 Å². The van der Waals surface area contributed by atoms with Crippen molar-refractivity contribution in [2.75, 3.05) is 19.1 Å². The van der Waals surface area contributed by atoms with Crippen molar-refractivity contribution < 1.29 is 9.53 Å². The monoisotopic (exact) mass is 246 g/mol. The van der Waals surface area contributed by atoms with Gasteiger partial charge in [-0.05, 0) is 32.0 Å². The Balaban J connectivity index is 2.84. The number of benzene rings is 1. The summed E-state index contributed by atoms with van der Waals surface area (Å²) in [7, 11) is 3.29. The summed E-state index contributed by atoms with van der Waals surface area (Å²) in [4.78, 5) is 13.6. The fraction of sp³-hybridized carbons (Fsp3) is 0.429. The average Bonchev–Trinajstić information content (AvgIpc) is 2.37. The zero-order valence-corrected chi connectivity index (χ0v) is 11.2. The van der Waals surface area contributed by atoms with E-state index in [1.807, 2.05) is 13.8 Å². The molecule has 4 heteroatoms. The predicted molar refractivity (Wildman–Crippen MR) is 70.3 cm³/mol. The highest BCUT2D eigenvalue weighted by Gasteiger charge is 2.23. The molecule has 18 heavy (non-hydrogen) atoms. The van der Waals surface area contributed by atoms with E-state index in [9.17, 15) is 4.79 Å². The number of hydrogen-bond acceptors (Lipinski definition) is 3. The topological polar surface area (TPSA) is 53.3 Å². The van der Waals surface area contributed by atoms with Crippen LogP contribution in [-0.4, -0.2) is 25.7 Å². The summed E-state index contributed by atoms with van der Waals surface area (Å²) in [6.45, 7) is 3.73. The van der Waals surface area contributed by atoms with Crippen molar-refractivity contribution in [3.05, 3.63) is 29.8 Å². The first-order chi connectivity index (χ1) is 8.39. The van der Waals surface area contributed by atoms with Crippen LogP contribution in [0.3, 0.4) is 0 Å². The first-order valence-corrected chi connectivity index (χ1v) is 5.71. The first kappa shape index (κ1) is 14.2. The van der Waals surface area contributed by atoms with Gasteiger partial charge in [0.15, 0.2) is 0 Å². The van der Waals surface area contributed by atoms with Gasteiger partial charge in [0.2, 0.25) is 5.91 Å². The van der Waals surface area contributed by atoms with Gasteiger partial charge in [-0.3, -0.25) is 4.79 Å². The van der Waals surface area contributed by atoms with Crippen LogP contribution in [0.4, 0.5) is 5.69 Å². The normalized spacial score (nSPS) is 10.8. The number of rotatable bonds is 4. The number of nitriles is 1. The number of ether oxygens (including phenoxy) is 1. The van der Waals surface area contributed by atoms with E-state index in [1.54, 1.807) is 43.3 Å². The van der Waals surface area contributed by atoms with Crippen molar-refractivity contribution >= 4 is 11.6 Å². The van der Waals surface area contributed by atoms with E-state index in [1.165, 1.54) is 0 Å². The van der Waals surface area contributed by atoms with Gasteiger partial charge in [-0.2, -0.15) is 5.26 Å². The molecule has 0 aliphatic rings. The van der Waals surface area contributed by atoms with Gasteiger partial charge in [-0.15, -0.1) is 0 Å². The molecule has 0 saturated carbocycles. The van der Waals surface area contributed by atoms with E-state index in [-0.39, 0.29) is 12.3 Å². The lowest BCUT2D eigenvalue weighted by Crippen LogP contribution is -2.35. The molecule has 96 valence electrons. The quantitative estimate of drug-likeness (QED) is 0.819. The molecule has 0 atom stereocenters. The Kier molecular flexibility index (Phi) is 4.46. The Bertz CT molecular complexity index is 475. The standard InChI is InChI=1S/C14H18N2O2/c1-14(2,18-4)9-13(17)16(3)12-7-5-6-11(8-12)10-15/h5-8H,9H2,1-4H3. The van der Waals surface area contributed by atoms with E-state index in [0.717, 1.165) is 0 Å². The van der Waals surface area contributed by atoms with Gasteiger partial charge < -0.3 is 9.64 Å². The zero-order chi connectivity index (χ0) is 13.8. The number of methoxy groups -OCH3 is 1. The van der Waals surface area contributed by atoms with Crippen molar-refractivity contribution in [3.63, 3.8) is 0 Å². The average molecular weight is 246 g/mol. The van der Waals surface area contributed by atoms with Crippen LogP contribution in [0, 0.1) is 11.3 Å². The summed E-state index contributed by atoms with van der Waals surface area (Å²) >= 11 is 0. The van der Waals surface area contributed by atoms with Gasteiger partial charge in [0.1, 0.15) is 0 Å². The van der Waals surface area contributed by atoms with Crippen LogP contribution in [0.1, 0.15) is 25.8 Å². The van der Waals surface area contributed by atoms with Crippen LogP contribution in [-0.2, 0) is 9.53 Å². The summed E-state index contributed by atoms with van der Waals surface area (Å²) in [6, 6.07) is 9.03. The Morgan fingerprint density at radius 3 is 2.72 bits per heavy atom. The van der Waals surface area contributed by atoms with Crippen molar-refractivity contribution in [2.24, 2.45) is 0 Å². The number of amides is 1. The third kappa shape index (κ3) is 3.57. The summed E-state index contributed by atoms with van der Waals surface area (Å²) in [5.74, 6) is -0.0445. The molecule has 0 N–H and O–H groups in total. The number of hydrogen-bond donors (Lipinski definition) is 0. The summed E-state index contributed by atoms with van der Waals surface area (Å²) in [5, 5.41) is 8.83. The highest BCUT2D eigenvalue weighted by molar-refractivity contribution is 5.93. The van der Waals surface area contributed by atoms with Gasteiger partial charge >= 0.3 is 0 Å². The minimum atomic E-state index is -0.488. The van der Waals surface area contributed by atoms with Crippen LogP contribution in [0.2, 0.25) is 0 Å². The predicted octanol–water partition coefficient (Wildman–Crippen LogP) is 2.34. The molecule has 1 aromatic rings. The maximum atomic E-state index is 12.1. The fourth-order valence-electron chi connectivity index (χ4n) is 1.48. The second kappa shape index (κ2) is 5.65. The van der Waals surface area contributed by atoms with E-state index in [2.05, 4.69) is 6.07 Å². The second-order valence-electron chi connectivity index (χ2n) is 4.76. The molecule has 4 nitrogen and oxygen atoms in total. The van der Waals surface area contributed by atoms with Crippen LogP contribution < -0.4 is 4.90 Å². The molecule has 0 spiro atoms. The molecular formula is C14H18N2O2. The largest absolute Gasteiger partial charge is 0.378 e. The van der Waals surface area contributed by atoms with Crippen molar-refractivity contribution in [2.45, 2.75) is 25.9 Å². The second-order valence-corrected chi connectivity index (χ2v) is 4.76. The minimum Gasteiger partial charge on any atom is -0.378 e. The third-order valence-electron chi connectivity index (χ3n) is 2.87. The number of anilines is 1. The molecular weight excluding hydrogens is 228 g/mol. The van der Waals surface area contributed by atoms with Crippen LogP contribution in [0.5, 0.6) is 0 Å². The number of carbonyl (C=O) groups is 1. The van der Waals surface area contributed by atoms with E-state index < -0.39 is 5.60 Å². The molecule has 1 rings (SSSR count). The SMILES string of the molecule is COC(C)(C)CC(=O)N(C)c1cccc(C#N)c1. The maximum absolute atomic E-state index is 12.1. The van der Waals surface area contributed by atoms with E-state index in [0.29, 0.717) is 11.3 Å². The van der Waals surface area contributed by atoms with E-state index >= 15 is 0 Å². The molecule has 0 bridgehead atoms. The molecule has 0 radical (unpaired) electrons. The number of nitrogens with zero attached hydrogens (tertiary/aromatic N) is 2. The lowest BCUT2D eigenvalue weighted by atomic mass is 10.0. The van der Waals surface area contributed by atoms with Gasteiger partial charge in [0.25, 0.3) is 0 Å². The van der Waals surface area contributed by atoms with Crippen LogP contribution in [0.15, 0.2) is 24.3 Å². The summed E-state index contributed by atoms with van der Waals surface area (Å²) < 4.78 is 5.24. The summed E-state index contributed by atoms with van der Waals surface area (Å²) in [6.07, 6.45) is 0.288. The maximum Gasteiger partial charge on any atom is 0.229 e. The fourth-order valence-corrected chi connectivity index (χ4v) is 1.48. The summed E-state index contributed by atoms with van der Waals surface area (Å²) in [5.41, 5.74) is 0.766. The van der Waals surface area contributed by atoms with Crippen molar-refractivity contribution in [3.8, 4) is 6.07 Å². The molecule has 0 saturated heterocycles. The van der Waals surface area contributed by atoms with Gasteiger partial charge in [0, 0.05) is 19.8 Å². The molecule has 0 heterocycles. The molecule has 0 aliphatic heterocycles. The van der Waals surface area contributed by atoms with Gasteiger partial charge in [-0.1, -0.05) is 6.07 Å². The molecule has 0 aliphatic carbocycles. The molecule has 1 amide bonds. The lowest BCUT2D eigenvalue weighted by Gasteiger charge is -2.25.